The molecule has 0 heterocycles. The maximum Gasteiger partial charge on any atom is 0.251 e. The highest BCUT2D eigenvalue weighted by Gasteiger charge is 2.17. The van der Waals surface area contributed by atoms with E-state index in [-0.39, 0.29) is 17.7 Å². The molecule has 131 valence electrons. The highest BCUT2D eigenvalue weighted by atomic mass is 16.5. The molecule has 0 aromatic heterocycles. The van der Waals surface area contributed by atoms with Crippen LogP contribution in [-0.2, 0) is 6.54 Å². The Balaban J connectivity index is 1.71. The van der Waals surface area contributed by atoms with Crippen molar-refractivity contribution in [2.75, 3.05) is 0 Å². The van der Waals surface area contributed by atoms with Gasteiger partial charge in [0.15, 0.2) is 0 Å². The molecule has 0 aliphatic heterocycles. The molecule has 0 spiro atoms. The second-order valence-electron chi connectivity index (χ2n) is 6.28. The average Bonchev–Trinajstić information content (AvgIpc) is 2.63. The van der Waals surface area contributed by atoms with Gasteiger partial charge in [-0.15, -0.1) is 0 Å². The van der Waals surface area contributed by atoms with E-state index in [1.165, 1.54) is 12.1 Å². The number of hydrogen-bond acceptors (Lipinski definition) is 4. The fourth-order valence-electron chi connectivity index (χ4n) is 2.94. The molecule has 1 aliphatic carbocycles. The van der Waals surface area contributed by atoms with Gasteiger partial charge in [0, 0.05) is 24.2 Å². The Hall–Kier alpha value is -2.53. The summed E-state index contributed by atoms with van der Waals surface area (Å²) in [6, 6.07) is 12.2. The minimum atomic E-state index is -0.189. The highest BCUT2D eigenvalue weighted by Crippen LogP contribution is 2.27. The van der Waals surface area contributed by atoms with Crippen molar-refractivity contribution in [2.45, 2.75) is 38.3 Å². The summed E-state index contributed by atoms with van der Waals surface area (Å²) in [6.07, 6.45) is 6.22. The van der Waals surface area contributed by atoms with E-state index in [0.29, 0.717) is 23.6 Å². The van der Waals surface area contributed by atoms with Crippen LogP contribution in [0.3, 0.4) is 0 Å². The van der Waals surface area contributed by atoms with E-state index in [9.17, 15) is 9.90 Å². The third-order valence-corrected chi connectivity index (χ3v) is 4.32. The van der Waals surface area contributed by atoms with Crippen molar-refractivity contribution in [2.24, 2.45) is 5.73 Å². The third-order valence-electron chi connectivity index (χ3n) is 4.32. The number of benzene rings is 2. The number of phenolic OH excluding ortho intramolecular Hbond substituents is 1. The van der Waals surface area contributed by atoms with E-state index in [1.54, 1.807) is 6.07 Å². The number of hydrogen-bond donors (Lipinski definition) is 3. The van der Waals surface area contributed by atoms with E-state index in [2.05, 4.69) is 11.7 Å². The van der Waals surface area contributed by atoms with E-state index in [4.69, 9.17) is 10.5 Å². The fourth-order valence-corrected chi connectivity index (χ4v) is 2.94. The Bertz CT molecular complexity index is 722. The minimum Gasteiger partial charge on any atom is -0.508 e. The standard InChI is InChI=1S/C20H23N2O3/c21-13-14-6-8-18(9-7-14)25-19-11-15(10-17(23)12-19)20(24)22-16-4-2-1-3-5-16/h1,6-12,16,23H,2-5,13,21H2,(H,22,24). The lowest BCUT2D eigenvalue weighted by Crippen LogP contribution is -2.36. The molecule has 5 nitrogen and oxygen atoms in total. The molecule has 2 aromatic carbocycles. The lowest BCUT2D eigenvalue weighted by atomic mass is 9.95. The van der Waals surface area contributed by atoms with Gasteiger partial charge in [-0.2, -0.15) is 0 Å². The summed E-state index contributed by atoms with van der Waals surface area (Å²) in [6.45, 7) is 0.468. The highest BCUT2D eigenvalue weighted by molar-refractivity contribution is 5.95. The van der Waals surface area contributed by atoms with Gasteiger partial charge < -0.3 is 20.9 Å². The van der Waals surface area contributed by atoms with E-state index >= 15 is 0 Å². The first-order valence-corrected chi connectivity index (χ1v) is 8.57. The molecule has 1 amide bonds. The number of nitrogens with one attached hydrogen (secondary N) is 1. The Kier molecular flexibility index (Phi) is 5.56. The van der Waals surface area contributed by atoms with Crippen LogP contribution in [0.15, 0.2) is 42.5 Å². The Labute approximate surface area is 147 Å². The maximum atomic E-state index is 12.5. The van der Waals surface area contributed by atoms with Crippen molar-refractivity contribution in [3.63, 3.8) is 0 Å². The number of phenols is 1. The van der Waals surface area contributed by atoms with Gasteiger partial charge in [0.1, 0.15) is 17.2 Å². The van der Waals surface area contributed by atoms with Crippen molar-refractivity contribution in [3.8, 4) is 17.2 Å². The molecular formula is C20H23N2O3. The number of amides is 1. The van der Waals surface area contributed by atoms with Crippen molar-refractivity contribution < 1.29 is 14.6 Å². The van der Waals surface area contributed by atoms with E-state index in [0.717, 1.165) is 31.2 Å². The van der Waals surface area contributed by atoms with Crippen LogP contribution in [-0.4, -0.2) is 17.1 Å². The zero-order valence-electron chi connectivity index (χ0n) is 14.1. The summed E-state index contributed by atoms with van der Waals surface area (Å²) in [4.78, 5) is 12.5. The van der Waals surface area contributed by atoms with Crippen molar-refractivity contribution in [1.29, 1.82) is 0 Å². The monoisotopic (exact) mass is 339 g/mol. The van der Waals surface area contributed by atoms with Crippen molar-refractivity contribution in [3.05, 3.63) is 60.0 Å². The molecule has 1 radical (unpaired) electrons. The van der Waals surface area contributed by atoms with Crippen LogP contribution < -0.4 is 15.8 Å². The Morgan fingerprint density at radius 3 is 2.52 bits per heavy atom. The van der Waals surface area contributed by atoms with Gasteiger partial charge in [0.05, 0.1) is 0 Å². The summed E-state index contributed by atoms with van der Waals surface area (Å²) in [5.74, 6) is 0.851. The predicted octanol–water partition coefficient (Wildman–Crippen LogP) is 3.52. The largest absolute Gasteiger partial charge is 0.508 e. The third kappa shape index (κ3) is 4.73. The summed E-state index contributed by atoms with van der Waals surface area (Å²) < 4.78 is 5.75. The molecule has 0 unspecified atom stereocenters. The van der Waals surface area contributed by atoms with Crippen LogP contribution in [0.1, 0.15) is 41.6 Å². The molecule has 3 rings (SSSR count). The molecule has 0 saturated heterocycles. The molecule has 0 atom stereocenters. The SMILES string of the molecule is NCc1ccc(Oc2cc(O)cc(C(=O)NC3CC[CH]CC3)c2)cc1. The molecule has 0 bridgehead atoms. The Morgan fingerprint density at radius 1 is 1.12 bits per heavy atom. The maximum absolute atomic E-state index is 12.5. The summed E-state index contributed by atoms with van der Waals surface area (Å²) in [5, 5.41) is 13.0. The average molecular weight is 339 g/mol. The van der Waals surface area contributed by atoms with Crippen LogP contribution in [0.2, 0.25) is 0 Å². The zero-order chi connectivity index (χ0) is 17.6. The van der Waals surface area contributed by atoms with Gasteiger partial charge in [0.25, 0.3) is 5.91 Å². The number of ether oxygens (including phenoxy) is 1. The van der Waals surface area contributed by atoms with Crippen LogP contribution in [0.25, 0.3) is 0 Å². The second kappa shape index (κ2) is 8.03. The lowest BCUT2D eigenvalue weighted by Gasteiger charge is -2.22. The quantitative estimate of drug-likeness (QED) is 0.778. The fraction of sp³-hybridized carbons (Fsp3) is 0.300. The molecule has 1 aliphatic rings. The summed E-state index contributed by atoms with van der Waals surface area (Å²) in [7, 11) is 0. The molecule has 5 heteroatoms. The summed E-state index contributed by atoms with van der Waals surface area (Å²) >= 11 is 0. The van der Waals surface area contributed by atoms with Gasteiger partial charge in [-0.3, -0.25) is 4.79 Å². The number of carbonyl (C=O) groups excluding carboxylic acids is 1. The van der Waals surface area contributed by atoms with Crippen LogP contribution in [0.5, 0.6) is 17.2 Å². The minimum absolute atomic E-state index is 0.00166. The lowest BCUT2D eigenvalue weighted by molar-refractivity contribution is 0.0929. The first kappa shape index (κ1) is 17.3. The van der Waals surface area contributed by atoms with Crippen LogP contribution in [0.4, 0.5) is 0 Å². The van der Waals surface area contributed by atoms with Gasteiger partial charge in [-0.05, 0) is 61.9 Å². The first-order chi connectivity index (χ1) is 12.1. The molecule has 1 fully saturated rings. The van der Waals surface area contributed by atoms with Gasteiger partial charge in [-0.1, -0.05) is 12.1 Å². The van der Waals surface area contributed by atoms with Crippen LogP contribution >= 0.6 is 0 Å². The topological polar surface area (TPSA) is 84.6 Å². The van der Waals surface area contributed by atoms with E-state index in [1.807, 2.05) is 24.3 Å². The van der Waals surface area contributed by atoms with Crippen LogP contribution in [0, 0.1) is 6.42 Å². The second-order valence-corrected chi connectivity index (χ2v) is 6.28. The predicted molar refractivity (Wildman–Crippen MR) is 96.5 cm³/mol. The molecule has 4 N–H and O–H groups in total. The first-order valence-electron chi connectivity index (χ1n) is 8.57. The van der Waals surface area contributed by atoms with E-state index < -0.39 is 0 Å². The smallest absolute Gasteiger partial charge is 0.251 e. The van der Waals surface area contributed by atoms with Gasteiger partial charge in [0.2, 0.25) is 0 Å². The Morgan fingerprint density at radius 2 is 1.84 bits per heavy atom. The normalized spacial score (nSPS) is 14.9. The molecule has 2 aromatic rings. The van der Waals surface area contributed by atoms with Gasteiger partial charge >= 0.3 is 0 Å². The van der Waals surface area contributed by atoms with Crippen molar-refractivity contribution in [1.82, 2.24) is 5.32 Å². The number of rotatable bonds is 5. The summed E-state index contributed by atoms with van der Waals surface area (Å²) in [5.41, 5.74) is 6.98. The van der Waals surface area contributed by atoms with Crippen molar-refractivity contribution >= 4 is 5.91 Å². The molecular weight excluding hydrogens is 316 g/mol. The van der Waals surface area contributed by atoms with Gasteiger partial charge in [-0.25, -0.2) is 0 Å². The molecule has 1 saturated carbocycles. The number of aromatic hydroxyl groups is 1. The molecule has 25 heavy (non-hydrogen) atoms. The number of nitrogens with two attached hydrogens (primary N) is 1. The number of carbonyl (C=O) groups is 1. The zero-order valence-corrected chi connectivity index (χ0v) is 14.1.